The summed E-state index contributed by atoms with van der Waals surface area (Å²) < 4.78 is 10.4. The maximum absolute atomic E-state index is 11.7. The minimum atomic E-state index is -0.372. The van der Waals surface area contributed by atoms with Crippen LogP contribution in [0.3, 0.4) is 0 Å². The summed E-state index contributed by atoms with van der Waals surface area (Å²) in [6.07, 6.45) is 2.63. The number of carbonyl (C=O) groups is 1. The molecule has 4 nitrogen and oxygen atoms in total. The van der Waals surface area contributed by atoms with Crippen molar-refractivity contribution in [3.63, 3.8) is 0 Å². The van der Waals surface area contributed by atoms with E-state index in [1.165, 1.54) is 6.08 Å². The van der Waals surface area contributed by atoms with Crippen LogP contribution in [-0.2, 0) is 20.8 Å². The van der Waals surface area contributed by atoms with Crippen molar-refractivity contribution >= 4 is 5.91 Å². The zero-order valence-electron chi connectivity index (χ0n) is 12.0. The highest BCUT2D eigenvalue weighted by Gasteiger charge is 2.11. The third-order valence-corrected chi connectivity index (χ3v) is 2.89. The van der Waals surface area contributed by atoms with Crippen LogP contribution in [0, 0.1) is 0 Å². The Morgan fingerprint density at radius 1 is 1.25 bits per heavy atom. The number of nitrogens with zero attached hydrogens (tertiary/aromatic N) is 1. The molecule has 4 heteroatoms. The Balaban J connectivity index is 2.79. The molecule has 108 valence electrons. The highest BCUT2D eigenvalue weighted by Crippen LogP contribution is 2.18. The highest BCUT2D eigenvalue weighted by molar-refractivity contribution is 5.87. The summed E-state index contributed by atoms with van der Waals surface area (Å²) in [7, 11) is 3.19. The Bertz CT molecular complexity index is 449. The van der Waals surface area contributed by atoms with Gasteiger partial charge in [0, 0.05) is 32.9 Å². The summed E-state index contributed by atoms with van der Waals surface area (Å²) in [5.41, 5.74) is 1.96. The van der Waals surface area contributed by atoms with Gasteiger partial charge in [0.2, 0.25) is 5.91 Å². The summed E-state index contributed by atoms with van der Waals surface area (Å²) in [5.74, 6) is -0.111. The molecule has 0 aromatic heterocycles. The van der Waals surface area contributed by atoms with Crippen LogP contribution in [0.4, 0.5) is 0 Å². The first-order valence-corrected chi connectivity index (χ1v) is 6.33. The summed E-state index contributed by atoms with van der Waals surface area (Å²) >= 11 is 0. The monoisotopic (exact) mass is 275 g/mol. The molecular weight excluding hydrogens is 254 g/mol. The van der Waals surface area contributed by atoms with E-state index in [9.17, 15) is 4.79 Å². The Kier molecular flexibility index (Phi) is 6.70. The van der Waals surface area contributed by atoms with Gasteiger partial charge in [0.1, 0.15) is 0 Å². The van der Waals surface area contributed by atoms with E-state index in [2.05, 4.69) is 13.2 Å². The second kappa shape index (κ2) is 8.30. The molecule has 1 aromatic rings. The van der Waals surface area contributed by atoms with Gasteiger partial charge in [-0.3, -0.25) is 4.79 Å². The van der Waals surface area contributed by atoms with Gasteiger partial charge < -0.3 is 14.4 Å². The predicted molar refractivity (Wildman–Crippen MR) is 79.0 cm³/mol. The van der Waals surface area contributed by atoms with Crippen molar-refractivity contribution in [2.45, 2.75) is 12.8 Å². The average molecular weight is 275 g/mol. The van der Waals surface area contributed by atoms with E-state index in [0.29, 0.717) is 13.1 Å². The molecule has 0 unspecified atom stereocenters. The van der Waals surface area contributed by atoms with Crippen molar-refractivity contribution in [3.8, 4) is 0 Å². The van der Waals surface area contributed by atoms with Crippen LogP contribution in [0.15, 0.2) is 49.6 Å². The van der Waals surface area contributed by atoms with E-state index < -0.39 is 0 Å². The number of amides is 1. The molecule has 0 atom stereocenters. The van der Waals surface area contributed by atoms with Crippen LogP contribution >= 0.6 is 0 Å². The molecule has 1 rings (SSSR count). The van der Waals surface area contributed by atoms with E-state index in [-0.39, 0.29) is 12.2 Å². The Hall–Kier alpha value is -1.91. The van der Waals surface area contributed by atoms with Gasteiger partial charge in [0.25, 0.3) is 0 Å². The molecule has 1 aromatic carbocycles. The third-order valence-electron chi connectivity index (χ3n) is 2.89. The Morgan fingerprint density at radius 2 is 1.85 bits per heavy atom. The lowest BCUT2D eigenvalue weighted by Crippen LogP contribution is -2.28. The number of methoxy groups -OCH3 is 2. The molecule has 0 radical (unpaired) electrons. The van der Waals surface area contributed by atoms with Crippen molar-refractivity contribution in [1.82, 2.24) is 4.90 Å². The summed E-state index contributed by atoms with van der Waals surface area (Å²) in [6.45, 7) is 8.17. The fourth-order valence-electron chi connectivity index (χ4n) is 1.89. The second-order valence-electron chi connectivity index (χ2n) is 4.26. The fraction of sp³-hybridized carbons (Fsp3) is 0.312. The normalized spacial score (nSPS) is 10.3. The molecule has 0 N–H and O–H groups in total. The lowest BCUT2D eigenvalue weighted by Gasteiger charge is -2.20. The standard InChI is InChI=1S/C16H21NO3/c1-5-11-17(15(18)6-2)12-13-7-9-14(10-8-13)16(19-3)20-4/h5-10,16H,1-2,11-12H2,3-4H3. The van der Waals surface area contributed by atoms with Gasteiger partial charge >= 0.3 is 0 Å². The number of ether oxygens (including phenoxy) is 2. The summed E-state index contributed by atoms with van der Waals surface area (Å²) in [5, 5.41) is 0. The molecule has 0 aliphatic rings. The maximum Gasteiger partial charge on any atom is 0.246 e. The quantitative estimate of drug-likeness (QED) is 0.416. The van der Waals surface area contributed by atoms with Crippen LogP contribution in [-0.4, -0.2) is 31.6 Å². The van der Waals surface area contributed by atoms with Gasteiger partial charge in [-0.25, -0.2) is 0 Å². The van der Waals surface area contributed by atoms with E-state index in [0.717, 1.165) is 11.1 Å². The Labute approximate surface area is 120 Å². The smallest absolute Gasteiger partial charge is 0.246 e. The SMILES string of the molecule is C=CCN(Cc1ccc(C(OC)OC)cc1)C(=O)C=C. The minimum absolute atomic E-state index is 0.111. The maximum atomic E-state index is 11.7. The number of hydrogen-bond acceptors (Lipinski definition) is 3. The molecular formula is C16H21NO3. The molecule has 0 aliphatic heterocycles. The minimum Gasteiger partial charge on any atom is -0.352 e. The van der Waals surface area contributed by atoms with Crippen molar-refractivity contribution in [2.75, 3.05) is 20.8 Å². The van der Waals surface area contributed by atoms with Crippen molar-refractivity contribution < 1.29 is 14.3 Å². The molecule has 1 amide bonds. The first-order chi connectivity index (χ1) is 9.65. The van der Waals surface area contributed by atoms with Gasteiger partial charge in [-0.05, 0) is 11.6 Å². The molecule has 0 fully saturated rings. The molecule has 20 heavy (non-hydrogen) atoms. The third kappa shape index (κ3) is 4.33. The predicted octanol–water partition coefficient (Wildman–Crippen LogP) is 2.68. The first-order valence-electron chi connectivity index (χ1n) is 6.33. The molecule has 0 saturated heterocycles. The number of benzene rings is 1. The van der Waals surface area contributed by atoms with Crippen LogP contribution in [0.2, 0.25) is 0 Å². The van der Waals surface area contributed by atoms with E-state index in [4.69, 9.17) is 9.47 Å². The molecule has 0 bridgehead atoms. The van der Waals surface area contributed by atoms with Gasteiger partial charge in [-0.2, -0.15) is 0 Å². The summed E-state index contributed by atoms with van der Waals surface area (Å²) in [6, 6.07) is 7.76. The Morgan fingerprint density at radius 3 is 2.30 bits per heavy atom. The van der Waals surface area contributed by atoms with Crippen molar-refractivity contribution in [3.05, 3.63) is 60.7 Å². The molecule has 0 spiro atoms. The number of carbonyl (C=O) groups excluding carboxylic acids is 1. The van der Waals surface area contributed by atoms with Crippen LogP contribution in [0.5, 0.6) is 0 Å². The van der Waals surface area contributed by atoms with Gasteiger partial charge in [0.05, 0.1) is 0 Å². The largest absolute Gasteiger partial charge is 0.352 e. The van der Waals surface area contributed by atoms with Crippen molar-refractivity contribution in [1.29, 1.82) is 0 Å². The number of rotatable bonds is 8. The molecule has 0 saturated carbocycles. The molecule has 0 heterocycles. The fourth-order valence-corrected chi connectivity index (χ4v) is 1.89. The van der Waals surface area contributed by atoms with Crippen LogP contribution in [0.25, 0.3) is 0 Å². The zero-order valence-corrected chi connectivity index (χ0v) is 12.0. The zero-order chi connectivity index (χ0) is 15.0. The lowest BCUT2D eigenvalue weighted by atomic mass is 10.1. The van der Waals surface area contributed by atoms with E-state index >= 15 is 0 Å². The first kappa shape index (κ1) is 16.1. The summed E-state index contributed by atoms with van der Waals surface area (Å²) in [4.78, 5) is 13.4. The van der Waals surface area contributed by atoms with Crippen LogP contribution < -0.4 is 0 Å². The van der Waals surface area contributed by atoms with Crippen molar-refractivity contribution in [2.24, 2.45) is 0 Å². The topological polar surface area (TPSA) is 38.8 Å². The average Bonchev–Trinajstić information content (AvgIpc) is 2.49. The van der Waals surface area contributed by atoms with E-state index in [1.807, 2.05) is 24.3 Å². The molecule has 0 aliphatic carbocycles. The van der Waals surface area contributed by atoms with E-state index in [1.54, 1.807) is 25.2 Å². The highest BCUT2D eigenvalue weighted by atomic mass is 16.7. The second-order valence-corrected chi connectivity index (χ2v) is 4.26. The number of hydrogen-bond donors (Lipinski definition) is 0. The van der Waals surface area contributed by atoms with Gasteiger partial charge in [-0.15, -0.1) is 6.58 Å². The van der Waals surface area contributed by atoms with Crippen LogP contribution in [0.1, 0.15) is 17.4 Å². The lowest BCUT2D eigenvalue weighted by molar-refractivity contribution is -0.126. The van der Waals surface area contributed by atoms with Gasteiger partial charge in [-0.1, -0.05) is 36.9 Å². The van der Waals surface area contributed by atoms with Gasteiger partial charge in [0.15, 0.2) is 6.29 Å².